The van der Waals surface area contributed by atoms with E-state index in [0.29, 0.717) is 70.7 Å². The molecule has 8 aromatic rings. The number of carbonyl (C=O) groups excluding carboxylic acids is 1. The number of nitrogens with one attached hydrogen (secondary N) is 1. The van der Waals surface area contributed by atoms with Gasteiger partial charge < -0.3 is 46.1 Å². The Morgan fingerprint density at radius 2 is 1.18 bits per heavy atom. The number of nitrogen functional groups attached to an aromatic ring is 2. The number of piperazine rings is 2. The summed E-state index contributed by atoms with van der Waals surface area (Å²) >= 11 is 0. The minimum atomic E-state index is -1.01. The second-order valence-electron chi connectivity index (χ2n) is 16.1. The van der Waals surface area contributed by atoms with E-state index in [1.807, 2.05) is 36.1 Å². The summed E-state index contributed by atoms with van der Waals surface area (Å²) < 4.78 is 39.3. The lowest BCUT2D eigenvalue weighted by atomic mass is 10.1. The highest BCUT2D eigenvalue weighted by Gasteiger charge is 2.29. The monoisotopic (exact) mass is 916 g/mol. The third-order valence-corrected chi connectivity index (χ3v) is 11.4. The fourth-order valence-corrected chi connectivity index (χ4v) is 8.22. The highest BCUT2D eigenvalue weighted by atomic mass is 19.1. The van der Waals surface area contributed by atoms with Gasteiger partial charge in [0.15, 0.2) is 22.9 Å². The number of benzene rings is 4. The van der Waals surface area contributed by atoms with Crippen LogP contribution in [0, 0.1) is 11.6 Å². The van der Waals surface area contributed by atoms with Crippen molar-refractivity contribution in [3.05, 3.63) is 108 Å². The van der Waals surface area contributed by atoms with Crippen molar-refractivity contribution in [1.29, 1.82) is 0 Å². The summed E-state index contributed by atoms with van der Waals surface area (Å²) in [6.45, 7) is 9.05. The minimum Gasteiger partial charge on any atom is -0.494 e. The molecule has 0 radical (unpaired) electrons. The zero-order chi connectivity index (χ0) is 47.4. The fraction of sp³-hybridized carbons (Fsp3) is 0.304. The van der Waals surface area contributed by atoms with Crippen LogP contribution in [0.4, 0.5) is 32.1 Å². The Balaban J connectivity index is 0.000000151. The number of carbonyl (C=O) groups is 2. The van der Waals surface area contributed by atoms with Crippen LogP contribution >= 0.6 is 0 Å². The molecule has 0 bridgehead atoms. The molecule has 4 aromatic carbocycles. The van der Waals surface area contributed by atoms with Gasteiger partial charge in [0.05, 0.1) is 20.6 Å². The summed E-state index contributed by atoms with van der Waals surface area (Å²) in [6, 6.07) is 24.5. The number of hydrogen-bond donors (Lipinski definition) is 4. The maximum atomic E-state index is 13.2. The Bertz CT molecular complexity index is 3060. The molecule has 0 spiro atoms. The maximum absolute atomic E-state index is 13.2. The molecule has 19 nitrogen and oxygen atoms in total. The minimum absolute atomic E-state index is 0.00911. The van der Waals surface area contributed by atoms with Gasteiger partial charge >= 0.3 is 5.97 Å². The molecular formula is C46H50F2N14O5. The third kappa shape index (κ3) is 10.0. The Morgan fingerprint density at radius 1 is 0.687 bits per heavy atom. The molecule has 348 valence electrons. The van der Waals surface area contributed by atoms with Crippen molar-refractivity contribution in [3.8, 4) is 11.5 Å². The Hall–Kier alpha value is -7.94. The van der Waals surface area contributed by atoms with E-state index in [1.165, 1.54) is 40.4 Å². The van der Waals surface area contributed by atoms with E-state index in [2.05, 4.69) is 52.2 Å². The van der Waals surface area contributed by atoms with Crippen LogP contribution in [0.15, 0.2) is 84.9 Å². The summed E-state index contributed by atoms with van der Waals surface area (Å²) in [4.78, 5) is 47.5. The largest absolute Gasteiger partial charge is 0.494 e. The molecule has 4 aromatic heterocycles. The van der Waals surface area contributed by atoms with Crippen LogP contribution in [0.3, 0.4) is 0 Å². The van der Waals surface area contributed by atoms with Gasteiger partial charge in [-0.3, -0.25) is 9.59 Å². The molecule has 2 saturated heterocycles. The fourth-order valence-electron chi connectivity index (χ4n) is 8.22. The van der Waals surface area contributed by atoms with Gasteiger partial charge in [0.1, 0.15) is 40.6 Å². The van der Waals surface area contributed by atoms with Crippen LogP contribution in [0.1, 0.15) is 25.5 Å². The average molecular weight is 917 g/mol. The lowest BCUT2D eigenvalue weighted by Crippen LogP contribution is -2.54. The second-order valence-corrected chi connectivity index (χ2v) is 16.1. The number of para-hydroxylation sites is 2. The van der Waals surface area contributed by atoms with E-state index >= 15 is 0 Å². The molecule has 67 heavy (non-hydrogen) atoms. The Morgan fingerprint density at radius 3 is 1.64 bits per heavy atom. The first-order valence-corrected chi connectivity index (χ1v) is 21.5. The number of methoxy groups -OCH3 is 2. The van der Waals surface area contributed by atoms with Gasteiger partial charge in [-0.2, -0.15) is 9.03 Å². The number of nitrogens with zero attached hydrogens (tertiary/aromatic N) is 11. The smallest absolute Gasteiger partial charge is 0.311 e. The number of fused-ring (bicyclic) bond motifs is 6. The number of halogens is 2. The summed E-state index contributed by atoms with van der Waals surface area (Å²) in [7, 11) is 3.11. The van der Waals surface area contributed by atoms with Crippen molar-refractivity contribution in [2.24, 2.45) is 0 Å². The third-order valence-electron chi connectivity index (χ3n) is 11.4. The van der Waals surface area contributed by atoms with E-state index in [-0.39, 0.29) is 54.1 Å². The zero-order valence-corrected chi connectivity index (χ0v) is 37.3. The number of aromatic nitrogens is 8. The number of aliphatic carboxylic acids is 1. The molecule has 1 amide bonds. The SMILES string of the molecule is COc1cccc2c1nc(N)n1nc(CC(=O)N3CCN(c4ccc(F)cc4)C[C@H]3C)nc21.COc1cccc2c1nc(N)n1nc(CC(=O)O)nc21.C[C@@H]1CN(c2ccc(F)cc2)CCN1. The number of ether oxygens (including phenoxy) is 2. The summed E-state index contributed by atoms with van der Waals surface area (Å²) in [5.41, 5.74) is 16.2. The number of carboxylic acids is 1. The van der Waals surface area contributed by atoms with E-state index in [1.54, 1.807) is 43.5 Å². The number of amides is 1. The number of nitrogens with two attached hydrogens (primary N) is 2. The van der Waals surface area contributed by atoms with Crippen molar-refractivity contribution in [3.63, 3.8) is 0 Å². The second kappa shape index (κ2) is 19.7. The van der Waals surface area contributed by atoms with E-state index in [4.69, 9.17) is 26.0 Å². The van der Waals surface area contributed by atoms with E-state index in [0.717, 1.165) is 36.4 Å². The van der Waals surface area contributed by atoms with Crippen molar-refractivity contribution >= 4 is 68.2 Å². The molecule has 6 N–H and O–H groups in total. The maximum Gasteiger partial charge on any atom is 0.311 e. The summed E-state index contributed by atoms with van der Waals surface area (Å²) in [5, 5.41) is 22.1. The molecule has 0 aliphatic carbocycles. The lowest BCUT2D eigenvalue weighted by Gasteiger charge is -2.41. The van der Waals surface area contributed by atoms with Crippen molar-refractivity contribution in [1.82, 2.24) is 49.4 Å². The predicted octanol–water partition coefficient (Wildman–Crippen LogP) is 4.41. The van der Waals surface area contributed by atoms with Gasteiger partial charge in [0.2, 0.25) is 17.8 Å². The topological polar surface area (TPSA) is 233 Å². The number of hydrogen-bond acceptors (Lipinski definition) is 15. The number of carboxylic acid groups (broad SMARTS) is 1. The van der Waals surface area contributed by atoms with Crippen LogP contribution in [0.5, 0.6) is 11.5 Å². The highest BCUT2D eigenvalue weighted by molar-refractivity contribution is 5.97. The first-order valence-electron chi connectivity index (χ1n) is 21.5. The normalized spacial score (nSPS) is 16.1. The first-order chi connectivity index (χ1) is 32.3. The first kappa shape index (κ1) is 45.6. The van der Waals surface area contributed by atoms with Gasteiger partial charge in [0, 0.05) is 73.5 Å². The van der Waals surface area contributed by atoms with Crippen LogP contribution < -0.4 is 36.1 Å². The molecular weight excluding hydrogens is 867 g/mol. The quantitative estimate of drug-likeness (QED) is 0.165. The van der Waals surface area contributed by atoms with Crippen LogP contribution in [0.2, 0.25) is 0 Å². The Labute approximate surface area is 382 Å². The van der Waals surface area contributed by atoms with E-state index in [9.17, 15) is 18.4 Å². The van der Waals surface area contributed by atoms with Crippen molar-refractivity contribution < 1.29 is 33.0 Å². The predicted molar refractivity (Wildman–Crippen MR) is 249 cm³/mol. The van der Waals surface area contributed by atoms with Crippen LogP contribution in [0.25, 0.3) is 33.1 Å². The van der Waals surface area contributed by atoms with Gasteiger partial charge in [-0.25, -0.2) is 28.7 Å². The molecule has 2 aliphatic heterocycles. The van der Waals surface area contributed by atoms with Gasteiger partial charge in [-0.15, -0.1) is 10.2 Å². The number of rotatable bonds is 8. The lowest BCUT2D eigenvalue weighted by molar-refractivity contribution is -0.136. The number of anilines is 4. The highest BCUT2D eigenvalue weighted by Crippen LogP contribution is 2.29. The molecule has 10 rings (SSSR count). The van der Waals surface area contributed by atoms with Crippen molar-refractivity contribution in [2.75, 3.05) is 74.8 Å². The van der Waals surface area contributed by atoms with Gasteiger partial charge in [-0.1, -0.05) is 12.1 Å². The molecule has 2 fully saturated rings. The van der Waals surface area contributed by atoms with Crippen LogP contribution in [-0.2, 0) is 22.4 Å². The van der Waals surface area contributed by atoms with Gasteiger partial charge in [-0.05, 0) is 86.6 Å². The summed E-state index contributed by atoms with van der Waals surface area (Å²) in [6.07, 6.45) is -0.208. The molecule has 2 atom stereocenters. The molecule has 6 heterocycles. The molecule has 2 aliphatic rings. The van der Waals surface area contributed by atoms with E-state index < -0.39 is 5.97 Å². The molecule has 21 heteroatoms. The Kier molecular flexibility index (Phi) is 13.4. The van der Waals surface area contributed by atoms with Crippen molar-refractivity contribution in [2.45, 2.75) is 38.8 Å². The zero-order valence-electron chi connectivity index (χ0n) is 37.3. The van der Waals surface area contributed by atoms with Crippen LogP contribution in [-0.4, -0.2) is 127 Å². The molecule has 0 saturated carbocycles. The standard InChI is InChI=1S/C23H24FN7O2.C12H11N5O3.C11H15FN2/c1-14-13-29(16-8-6-15(24)7-9-16)10-11-30(14)20(32)12-19-26-22-17-4-3-5-18(33-2)21(17)27-23(25)31(22)28-19;1-20-7-4-2-3-6-10(7)15-12(13)17-11(6)14-8(16-17)5-9(18)19;1-9-8-14(7-6-13-9)11-4-2-10(12)3-5-11/h3-9,14H,10-13H2,1-2H3,(H2,25,27);2-4H,5H2,1H3,(H2,13,15)(H,18,19);2-5,9,13H,6-8H2,1H3/t14-;;9-/m1.1/s1. The molecule has 0 unspecified atom stereocenters. The average Bonchev–Trinajstić information content (AvgIpc) is 3.95. The summed E-state index contributed by atoms with van der Waals surface area (Å²) in [5.74, 6) is 0.544. The van der Waals surface area contributed by atoms with Gasteiger partial charge in [0.25, 0.3) is 0 Å².